The van der Waals surface area contributed by atoms with Crippen LogP contribution in [0.4, 0.5) is 0 Å². The largest absolute Gasteiger partial charge is 0.497 e. The van der Waals surface area contributed by atoms with Crippen molar-refractivity contribution in [1.82, 2.24) is 0 Å². The van der Waals surface area contributed by atoms with Crippen molar-refractivity contribution < 1.29 is 14.6 Å². The maximum atomic E-state index is 9.56. The van der Waals surface area contributed by atoms with Gasteiger partial charge >= 0.3 is 0 Å². The highest BCUT2D eigenvalue weighted by molar-refractivity contribution is 5.41. The fraction of sp³-hybridized carbons (Fsp3) is 0.429. The summed E-state index contributed by atoms with van der Waals surface area (Å²) in [6.45, 7) is 6.93. The van der Waals surface area contributed by atoms with E-state index in [-0.39, 0.29) is 11.5 Å². The lowest BCUT2D eigenvalue weighted by atomic mass is 9.78. The van der Waals surface area contributed by atoms with Gasteiger partial charge in [-0.2, -0.15) is 0 Å². The van der Waals surface area contributed by atoms with Crippen molar-refractivity contribution in [2.45, 2.75) is 45.1 Å². The first-order valence-electron chi connectivity index (χ1n) is 8.53. The molecule has 130 valence electrons. The summed E-state index contributed by atoms with van der Waals surface area (Å²) in [6, 6.07) is 16.4. The number of aliphatic hydroxyl groups is 1. The van der Waals surface area contributed by atoms with Gasteiger partial charge in [-0.25, -0.2) is 0 Å². The molecule has 0 spiro atoms. The van der Waals surface area contributed by atoms with E-state index in [1.807, 2.05) is 31.2 Å². The van der Waals surface area contributed by atoms with Crippen LogP contribution in [0, 0.1) is 0 Å². The molecular weight excluding hydrogens is 300 g/mol. The van der Waals surface area contributed by atoms with Gasteiger partial charge in [-0.3, -0.25) is 0 Å². The highest BCUT2D eigenvalue weighted by Gasteiger charge is 2.23. The van der Waals surface area contributed by atoms with Crippen molar-refractivity contribution in [3.63, 3.8) is 0 Å². The topological polar surface area (TPSA) is 38.7 Å². The molecule has 0 aromatic heterocycles. The van der Waals surface area contributed by atoms with Crippen LogP contribution in [0.5, 0.6) is 11.5 Å². The molecule has 0 aliphatic carbocycles. The lowest BCUT2D eigenvalue weighted by molar-refractivity contribution is 0.135. The second kappa shape index (κ2) is 8.20. The van der Waals surface area contributed by atoms with Crippen LogP contribution < -0.4 is 9.47 Å². The Hall–Kier alpha value is -2.00. The lowest BCUT2D eigenvalue weighted by Gasteiger charge is -2.26. The quantitative estimate of drug-likeness (QED) is 0.772. The van der Waals surface area contributed by atoms with E-state index in [0.717, 1.165) is 17.9 Å². The summed E-state index contributed by atoms with van der Waals surface area (Å²) in [5.41, 5.74) is 2.38. The van der Waals surface area contributed by atoms with Crippen LogP contribution in [0.3, 0.4) is 0 Å². The Labute approximate surface area is 145 Å². The van der Waals surface area contributed by atoms with E-state index >= 15 is 0 Å². The fourth-order valence-corrected chi connectivity index (χ4v) is 2.66. The monoisotopic (exact) mass is 328 g/mol. The van der Waals surface area contributed by atoms with Gasteiger partial charge in [0.15, 0.2) is 0 Å². The SMILES string of the molecule is CCC(O)CCOc1ccc(C(C)(C)c2ccc(OC)cc2)cc1. The molecule has 1 N–H and O–H groups in total. The summed E-state index contributed by atoms with van der Waals surface area (Å²) < 4.78 is 10.9. The minimum atomic E-state index is -0.279. The normalized spacial score (nSPS) is 12.7. The molecule has 0 heterocycles. The van der Waals surface area contributed by atoms with Crippen molar-refractivity contribution in [1.29, 1.82) is 0 Å². The summed E-state index contributed by atoms with van der Waals surface area (Å²) >= 11 is 0. The van der Waals surface area contributed by atoms with E-state index in [9.17, 15) is 5.11 Å². The van der Waals surface area contributed by atoms with Crippen molar-refractivity contribution >= 4 is 0 Å². The third-order valence-corrected chi connectivity index (χ3v) is 4.58. The van der Waals surface area contributed by atoms with Gasteiger partial charge in [0.05, 0.1) is 19.8 Å². The maximum absolute atomic E-state index is 9.56. The molecule has 2 rings (SSSR count). The summed E-state index contributed by atoms with van der Waals surface area (Å²) in [5.74, 6) is 1.71. The van der Waals surface area contributed by atoms with Gasteiger partial charge in [0, 0.05) is 11.8 Å². The third kappa shape index (κ3) is 4.51. The van der Waals surface area contributed by atoms with E-state index in [1.54, 1.807) is 7.11 Å². The molecule has 1 atom stereocenters. The molecule has 2 aromatic carbocycles. The van der Waals surface area contributed by atoms with Crippen LogP contribution in [0.2, 0.25) is 0 Å². The van der Waals surface area contributed by atoms with E-state index in [2.05, 4.69) is 38.1 Å². The van der Waals surface area contributed by atoms with E-state index in [4.69, 9.17) is 9.47 Å². The molecule has 0 aliphatic rings. The minimum absolute atomic E-state index is 0.0940. The Morgan fingerprint density at radius 2 is 1.42 bits per heavy atom. The van der Waals surface area contributed by atoms with Gasteiger partial charge in [-0.15, -0.1) is 0 Å². The van der Waals surface area contributed by atoms with E-state index in [0.29, 0.717) is 13.0 Å². The third-order valence-electron chi connectivity index (χ3n) is 4.58. The number of hydrogen-bond donors (Lipinski definition) is 1. The van der Waals surface area contributed by atoms with Crippen molar-refractivity contribution in [2.24, 2.45) is 0 Å². The van der Waals surface area contributed by atoms with Gasteiger partial charge in [0.2, 0.25) is 0 Å². The molecule has 3 nitrogen and oxygen atoms in total. The Morgan fingerprint density at radius 3 is 1.88 bits per heavy atom. The van der Waals surface area contributed by atoms with Crippen LogP contribution in [0.1, 0.15) is 44.7 Å². The zero-order valence-electron chi connectivity index (χ0n) is 15.1. The Kier molecular flexibility index (Phi) is 6.27. The molecule has 24 heavy (non-hydrogen) atoms. The Morgan fingerprint density at radius 1 is 0.917 bits per heavy atom. The maximum Gasteiger partial charge on any atom is 0.119 e. The molecule has 3 heteroatoms. The Balaban J connectivity index is 2.05. The molecule has 0 saturated carbocycles. The van der Waals surface area contributed by atoms with Crippen molar-refractivity contribution in [2.75, 3.05) is 13.7 Å². The molecule has 0 fully saturated rings. The highest BCUT2D eigenvalue weighted by atomic mass is 16.5. The second-order valence-electron chi connectivity index (χ2n) is 6.58. The molecule has 0 bridgehead atoms. The van der Waals surface area contributed by atoms with Gasteiger partial charge in [0.25, 0.3) is 0 Å². The summed E-state index contributed by atoms with van der Waals surface area (Å²) in [4.78, 5) is 0. The molecular formula is C21H28O3. The van der Waals surface area contributed by atoms with Crippen LogP contribution in [-0.4, -0.2) is 24.9 Å². The van der Waals surface area contributed by atoms with Gasteiger partial charge in [-0.05, 0) is 41.8 Å². The van der Waals surface area contributed by atoms with Crippen LogP contribution >= 0.6 is 0 Å². The van der Waals surface area contributed by atoms with Crippen LogP contribution in [0.25, 0.3) is 0 Å². The predicted octanol–water partition coefficient (Wildman–Crippen LogP) is 4.56. The van der Waals surface area contributed by atoms with E-state index < -0.39 is 0 Å². The summed E-state index contributed by atoms with van der Waals surface area (Å²) in [6.07, 6.45) is 1.15. The first-order chi connectivity index (χ1) is 11.5. The average molecular weight is 328 g/mol. The van der Waals surface area contributed by atoms with E-state index in [1.165, 1.54) is 11.1 Å². The van der Waals surface area contributed by atoms with Gasteiger partial charge in [0.1, 0.15) is 11.5 Å². The first-order valence-corrected chi connectivity index (χ1v) is 8.53. The predicted molar refractivity (Wildman–Crippen MR) is 98.0 cm³/mol. The number of ether oxygens (including phenoxy) is 2. The second-order valence-corrected chi connectivity index (χ2v) is 6.58. The molecule has 0 radical (unpaired) electrons. The van der Waals surface area contributed by atoms with Gasteiger partial charge in [-0.1, -0.05) is 45.0 Å². The highest BCUT2D eigenvalue weighted by Crippen LogP contribution is 2.33. The summed E-state index contributed by atoms with van der Waals surface area (Å²) in [5, 5.41) is 9.56. The molecule has 0 aliphatic heterocycles. The number of hydrogen-bond acceptors (Lipinski definition) is 3. The standard InChI is InChI=1S/C21H28O3/c1-5-18(22)14-15-24-20-12-8-17(9-13-20)21(2,3)16-6-10-19(23-4)11-7-16/h6-13,18,22H,5,14-15H2,1-4H3. The fourth-order valence-electron chi connectivity index (χ4n) is 2.66. The van der Waals surface area contributed by atoms with Crippen LogP contribution in [0.15, 0.2) is 48.5 Å². The first kappa shape index (κ1) is 18.3. The zero-order chi connectivity index (χ0) is 17.6. The molecule has 2 aromatic rings. The lowest BCUT2D eigenvalue weighted by Crippen LogP contribution is -2.18. The summed E-state index contributed by atoms with van der Waals surface area (Å²) in [7, 11) is 1.68. The van der Waals surface area contributed by atoms with Gasteiger partial charge < -0.3 is 14.6 Å². The molecule has 1 unspecified atom stereocenters. The molecule has 0 saturated heterocycles. The van der Waals surface area contributed by atoms with Crippen LogP contribution in [-0.2, 0) is 5.41 Å². The van der Waals surface area contributed by atoms with Crippen molar-refractivity contribution in [3.05, 3.63) is 59.7 Å². The number of aliphatic hydroxyl groups excluding tert-OH is 1. The Bertz CT molecular complexity index is 615. The minimum Gasteiger partial charge on any atom is -0.497 e. The average Bonchev–Trinajstić information content (AvgIpc) is 2.62. The number of methoxy groups -OCH3 is 1. The zero-order valence-corrected chi connectivity index (χ0v) is 15.1. The smallest absolute Gasteiger partial charge is 0.119 e. The number of rotatable bonds is 8. The van der Waals surface area contributed by atoms with Crippen molar-refractivity contribution in [3.8, 4) is 11.5 Å². The molecule has 0 amide bonds. The number of benzene rings is 2.